The van der Waals surface area contributed by atoms with E-state index in [1.807, 2.05) is 0 Å². The Balaban J connectivity index is 2.37. The third-order valence-corrected chi connectivity index (χ3v) is 4.10. The van der Waals surface area contributed by atoms with Gasteiger partial charge in [-0.25, -0.2) is 0 Å². The SMILES string of the molecule is CCC(C)CN1CCN(C(CC)C(N)=S)CC1. The molecule has 17 heavy (non-hydrogen) atoms. The molecule has 0 aromatic rings. The van der Waals surface area contributed by atoms with Crippen LogP contribution < -0.4 is 5.73 Å². The van der Waals surface area contributed by atoms with Crippen LogP contribution >= 0.6 is 12.2 Å². The minimum atomic E-state index is 0.302. The second-order valence-corrected chi connectivity index (χ2v) is 5.65. The Kier molecular flexibility index (Phi) is 6.38. The van der Waals surface area contributed by atoms with Crippen molar-refractivity contribution < 1.29 is 0 Å². The Bertz CT molecular complexity index is 237. The molecule has 0 saturated carbocycles. The molecule has 1 aliphatic heterocycles. The second kappa shape index (κ2) is 7.29. The molecule has 3 nitrogen and oxygen atoms in total. The van der Waals surface area contributed by atoms with Crippen molar-refractivity contribution in [3.05, 3.63) is 0 Å². The van der Waals surface area contributed by atoms with Gasteiger partial charge in [0.2, 0.25) is 0 Å². The first kappa shape index (κ1) is 14.9. The van der Waals surface area contributed by atoms with Gasteiger partial charge < -0.3 is 10.6 Å². The summed E-state index contributed by atoms with van der Waals surface area (Å²) < 4.78 is 0. The summed E-state index contributed by atoms with van der Waals surface area (Å²) >= 11 is 5.14. The van der Waals surface area contributed by atoms with Gasteiger partial charge in [0.15, 0.2) is 0 Å². The molecule has 1 rings (SSSR count). The van der Waals surface area contributed by atoms with Crippen LogP contribution in [0.5, 0.6) is 0 Å². The molecule has 100 valence electrons. The summed E-state index contributed by atoms with van der Waals surface area (Å²) in [6, 6.07) is 0.302. The molecule has 0 bridgehead atoms. The lowest BCUT2D eigenvalue weighted by molar-refractivity contribution is 0.105. The summed E-state index contributed by atoms with van der Waals surface area (Å²) in [5.74, 6) is 0.805. The highest BCUT2D eigenvalue weighted by Gasteiger charge is 2.24. The summed E-state index contributed by atoms with van der Waals surface area (Å²) in [5, 5.41) is 0. The molecule has 0 aromatic heterocycles. The zero-order valence-corrected chi connectivity index (χ0v) is 12.3. The fourth-order valence-corrected chi connectivity index (χ4v) is 2.78. The highest BCUT2D eigenvalue weighted by Crippen LogP contribution is 2.12. The van der Waals surface area contributed by atoms with Crippen LogP contribution in [-0.4, -0.2) is 53.6 Å². The zero-order chi connectivity index (χ0) is 12.8. The summed E-state index contributed by atoms with van der Waals surface area (Å²) in [5.41, 5.74) is 5.79. The molecular formula is C13H27N3S. The Morgan fingerprint density at radius 2 is 1.76 bits per heavy atom. The van der Waals surface area contributed by atoms with Gasteiger partial charge in [0, 0.05) is 32.7 Å². The van der Waals surface area contributed by atoms with E-state index >= 15 is 0 Å². The summed E-state index contributed by atoms with van der Waals surface area (Å²) in [6.07, 6.45) is 2.30. The van der Waals surface area contributed by atoms with Crippen molar-refractivity contribution in [1.29, 1.82) is 0 Å². The summed E-state index contributed by atoms with van der Waals surface area (Å²) in [7, 11) is 0. The van der Waals surface area contributed by atoms with Crippen LogP contribution in [0.2, 0.25) is 0 Å². The van der Waals surface area contributed by atoms with Gasteiger partial charge >= 0.3 is 0 Å². The minimum Gasteiger partial charge on any atom is -0.392 e. The minimum absolute atomic E-state index is 0.302. The maximum absolute atomic E-state index is 5.79. The molecule has 0 radical (unpaired) electrons. The van der Waals surface area contributed by atoms with Crippen molar-refractivity contribution in [2.24, 2.45) is 11.7 Å². The average molecular weight is 257 g/mol. The van der Waals surface area contributed by atoms with Crippen molar-refractivity contribution in [3.8, 4) is 0 Å². The molecule has 2 N–H and O–H groups in total. The Labute approximate surface area is 111 Å². The van der Waals surface area contributed by atoms with Gasteiger partial charge in [-0.15, -0.1) is 0 Å². The fourth-order valence-electron chi connectivity index (χ4n) is 2.47. The standard InChI is InChI=1S/C13H27N3S/c1-4-11(3)10-15-6-8-16(9-7-15)12(5-2)13(14)17/h11-12H,4-10H2,1-3H3,(H2,14,17). The maximum Gasteiger partial charge on any atom is 0.0901 e. The topological polar surface area (TPSA) is 32.5 Å². The van der Waals surface area contributed by atoms with E-state index in [-0.39, 0.29) is 0 Å². The maximum atomic E-state index is 5.79. The molecule has 1 saturated heterocycles. The predicted molar refractivity (Wildman–Crippen MR) is 78.3 cm³/mol. The smallest absolute Gasteiger partial charge is 0.0901 e. The highest BCUT2D eigenvalue weighted by atomic mass is 32.1. The summed E-state index contributed by atoms with van der Waals surface area (Å²) in [6.45, 7) is 12.5. The van der Waals surface area contributed by atoms with E-state index in [4.69, 9.17) is 18.0 Å². The summed E-state index contributed by atoms with van der Waals surface area (Å²) in [4.78, 5) is 5.66. The monoisotopic (exact) mass is 257 g/mol. The Morgan fingerprint density at radius 3 is 2.18 bits per heavy atom. The van der Waals surface area contributed by atoms with Crippen molar-refractivity contribution in [3.63, 3.8) is 0 Å². The van der Waals surface area contributed by atoms with Gasteiger partial charge in [0.1, 0.15) is 0 Å². The van der Waals surface area contributed by atoms with Crippen molar-refractivity contribution in [2.75, 3.05) is 32.7 Å². The van der Waals surface area contributed by atoms with Gasteiger partial charge in [-0.1, -0.05) is 39.4 Å². The van der Waals surface area contributed by atoms with Crippen LogP contribution in [0.4, 0.5) is 0 Å². The molecule has 4 heteroatoms. The first-order valence-electron chi connectivity index (χ1n) is 6.84. The van der Waals surface area contributed by atoms with E-state index in [0.29, 0.717) is 11.0 Å². The lowest BCUT2D eigenvalue weighted by atomic mass is 10.1. The van der Waals surface area contributed by atoms with E-state index in [2.05, 4.69) is 30.6 Å². The molecule has 2 atom stereocenters. The third kappa shape index (κ3) is 4.53. The lowest BCUT2D eigenvalue weighted by Crippen LogP contribution is -2.54. The van der Waals surface area contributed by atoms with E-state index in [0.717, 1.165) is 38.5 Å². The fraction of sp³-hybridized carbons (Fsp3) is 0.923. The number of hydrogen-bond donors (Lipinski definition) is 1. The van der Waals surface area contributed by atoms with Gasteiger partial charge in [0.25, 0.3) is 0 Å². The first-order valence-corrected chi connectivity index (χ1v) is 7.25. The number of thiocarbonyl (C=S) groups is 1. The highest BCUT2D eigenvalue weighted by molar-refractivity contribution is 7.80. The van der Waals surface area contributed by atoms with Crippen LogP contribution in [0.1, 0.15) is 33.6 Å². The van der Waals surface area contributed by atoms with Gasteiger partial charge in [-0.3, -0.25) is 4.90 Å². The quantitative estimate of drug-likeness (QED) is 0.734. The lowest BCUT2D eigenvalue weighted by Gasteiger charge is -2.39. The molecule has 0 amide bonds. The van der Waals surface area contributed by atoms with E-state index < -0.39 is 0 Å². The molecule has 1 heterocycles. The second-order valence-electron chi connectivity index (χ2n) is 5.18. The van der Waals surface area contributed by atoms with Crippen LogP contribution in [-0.2, 0) is 0 Å². The first-order chi connectivity index (χ1) is 8.08. The van der Waals surface area contributed by atoms with Gasteiger partial charge in [0.05, 0.1) is 11.0 Å². The molecule has 1 aliphatic rings. The van der Waals surface area contributed by atoms with E-state index in [9.17, 15) is 0 Å². The van der Waals surface area contributed by atoms with Crippen LogP contribution in [0.3, 0.4) is 0 Å². The average Bonchev–Trinajstić information content (AvgIpc) is 2.31. The molecule has 2 unspecified atom stereocenters. The zero-order valence-electron chi connectivity index (χ0n) is 11.5. The van der Waals surface area contributed by atoms with Crippen molar-refractivity contribution in [1.82, 2.24) is 9.80 Å². The van der Waals surface area contributed by atoms with Crippen LogP contribution in [0.25, 0.3) is 0 Å². The third-order valence-electron chi connectivity index (χ3n) is 3.83. The Hall–Kier alpha value is -0.190. The number of rotatable bonds is 6. The number of nitrogens with zero attached hydrogens (tertiary/aromatic N) is 2. The molecule has 1 fully saturated rings. The van der Waals surface area contributed by atoms with Crippen molar-refractivity contribution >= 4 is 17.2 Å². The molecule has 0 aromatic carbocycles. The molecular weight excluding hydrogens is 230 g/mol. The van der Waals surface area contributed by atoms with E-state index in [1.165, 1.54) is 13.0 Å². The van der Waals surface area contributed by atoms with Gasteiger partial charge in [-0.2, -0.15) is 0 Å². The van der Waals surface area contributed by atoms with Crippen LogP contribution in [0, 0.1) is 5.92 Å². The van der Waals surface area contributed by atoms with Crippen LogP contribution in [0.15, 0.2) is 0 Å². The van der Waals surface area contributed by atoms with Crippen molar-refractivity contribution in [2.45, 2.75) is 39.7 Å². The van der Waals surface area contributed by atoms with E-state index in [1.54, 1.807) is 0 Å². The molecule has 0 spiro atoms. The predicted octanol–water partition coefficient (Wildman–Crippen LogP) is 1.71. The number of piperazine rings is 1. The largest absolute Gasteiger partial charge is 0.392 e. The normalized spacial score (nSPS) is 22.3. The number of nitrogens with two attached hydrogens (primary N) is 1. The molecule has 0 aliphatic carbocycles. The Morgan fingerprint density at radius 1 is 1.18 bits per heavy atom. The number of hydrogen-bond acceptors (Lipinski definition) is 3. The van der Waals surface area contributed by atoms with Gasteiger partial charge in [-0.05, 0) is 12.3 Å².